The summed E-state index contributed by atoms with van der Waals surface area (Å²) in [6.07, 6.45) is 7.23. The van der Waals surface area contributed by atoms with Crippen LogP contribution in [0.3, 0.4) is 0 Å². The van der Waals surface area contributed by atoms with E-state index in [-0.39, 0.29) is 5.78 Å². The molecule has 0 spiro atoms. The van der Waals surface area contributed by atoms with Crippen LogP contribution < -0.4 is 0 Å². The zero-order chi connectivity index (χ0) is 10.5. The molecule has 0 aliphatic carbocycles. The summed E-state index contributed by atoms with van der Waals surface area (Å²) in [7, 11) is 0. The molecule has 0 amide bonds. The summed E-state index contributed by atoms with van der Waals surface area (Å²) in [4.78, 5) is 15.6. The number of nitrogens with zero attached hydrogens (tertiary/aromatic N) is 1. The minimum absolute atomic E-state index is 0.165. The van der Waals surface area contributed by atoms with Gasteiger partial charge in [0.1, 0.15) is 0 Å². The molecule has 1 fully saturated rings. The van der Waals surface area contributed by atoms with Crippen LogP contribution in [0.4, 0.5) is 0 Å². The van der Waals surface area contributed by atoms with Crippen molar-refractivity contribution in [3.05, 3.63) is 30.1 Å². The Hall–Kier alpha value is -1.22. The van der Waals surface area contributed by atoms with Crippen LogP contribution in [0.5, 0.6) is 0 Å². The molecule has 3 nitrogen and oxygen atoms in total. The monoisotopic (exact) mass is 205 g/mol. The first-order valence-electron chi connectivity index (χ1n) is 5.41. The van der Waals surface area contributed by atoms with Gasteiger partial charge in [-0.3, -0.25) is 9.78 Å². The lowest BCUT2D eigenvalue weighted by Crippen LogP contribution is -2.08. The number of hydrogen-bond acceptors (Lipinski definition) is 3. The van der Waals surface area contributed by atoms with Crippen molar-refractivity contribution in [3.8, 4) is 0 Å². The van der Waals surface area contributed by atoms with E-state index in [0.29, 0.717) is 18.1 Å². The molecule has 1 unspecified atom stereocenters. The molecule has 3 heteroatoms. The third kappa shape index (κ3) is 2.86. The van der Waals surface area contributed by atoms with E-state index in [1.807, 2.05) is 6.07 Å². The molecule has 1 aromatic heterocycles. The smallest absolute Gasteiger partial charge is 0.164 e. The Morgan fingerprint density at radius 1 is 1.60 bits per heavy atom. The Morgan fingerprint density at radius 2 is 2.53 bits per heavy atom. The summed E-state index contributed by atoms with van der Waals surface area (Å²) >= 11 is 0. The standard InChI is InChI=1S/C12H15NO2/c14-12(10-3-1-7-13-9-10)6-5-11-4-2-8-15-11/h1,3,7,9,11H,2,4-6,8H2. The van der Waals surface area contributed by atoms with Gasteiger partial charge in [0.2, 0.25) is 0 Å². The molecule has 1 saturated heterocycles. The second-order valence-corrected chi connectivity index (χ2v) is 3.84. The van der Waals surface area contributed by atoms with E-state index in [0.717, 1.165) is 25.9 Å². The van der Waals surface area contributed by atoms with Gasteiger partial charge in [-0.2, -0.15) is 0 Å². The number of rotatable bonds is 4. The molecule has 0 saturated carbocycles. The Balaban J connectivity index is 1.82. The highest BCUT2D eigenvalue weighted by molar-refractivity contribution is 5.95. The fourth-order valence-corrected chi connectivity index (χ4v) is 1.84. The Kier molecular flexibility index (Phi) is 3.45. The molecule has 0 radical (unpaired) electrons. The molecule has 2 heterocycles. The summed E-state index contributed by atoms with van der Waals surface area (Å²) < 4.78 is 5.47. The van der Waals surface area contributed by atoms with Crippen molar-refractivity contribution >= 4 is 5.78 Å². The molecule has 15 heavy (non-hydrogen) atoms. The number of carbonyl (C=O) groups is 1. The number of hydrogen-bond donors (Lipinski definition) is 0. The number of aromatic nitrogens is 1. The van der Waals surface area contributed by atoms with Gasteiger partial charge in [-0.15, -0.1) is 0 Å². The minimum atomic E-state index is 0.165. The quantitative estimate of drug-likeness (QED) is 0.707. The predicted molar refractivity (Wildman–Crippen MR) is 56.8 cm³/mol. The van der Waals surface area contributed by atoms with Crippen LogP contribution in [0, 0.1) is 0 Å². The minimum Gasteiger partial charge on any atom is -0.378 e. The topological polar surface area (TPSA) is 39.2 Å². The van der Waals surface area contributed by atoms with E-state index in [4.69, 9.17) is 4.74 Å². The highest BCUT2D eigenvalue weighted by Gasteiger charge is 2.17. The first kappa shape index (κ1) is 10.3. The molecule has 1 atom stereocenters. The maximum absolute atomic E-state index is 11.7. The molecular formula is C12H15NO2. The molecule has 2 rings (SSSR count). The van der Waals surface area contributed by atoms with Crippen molar-refractivity contribution in [1.82, 2.24) is 4.98 Å². The van der Waals surface area contributed by atoms with E-state index in [1.165, 1.54) is 0 Å². The van der Waals surface area contributed by atoms with Crippen LogP contribution in [-0.4, -0.2) is 23.5 Å². The van der Waals surface area contributed by atoms with Crippen LogP contribution in [-0.2, 0) is 4.74 Å². The maximum Gasteiger partial charge on any atom is 0.164 e. The van der Waals surface area contributed by atoms with E-state index >= 15 is 0 Å². The zero-order valence-electron chi connectivity index (χ0n) is 8.69. The van der Waals surface area contributed by atoms with Crippen molar-refractivity contribution in [2.45, 2.75) is 31.8 Å². The van der Waals surface area contributed by atoms with E-state index in [9.17, 15) is 4.79 Å². The van der Waals surface area contributed by atoms with Gasteiger partial charge < -0.3 is 4.74 Å². The van der Waals surface area contributed by atoms with Crippen molar-refractivity contribution in [2.75, 3.05) is 6.61 Å². The fraction of sp³-hybridized carbons (Fsp3) is 0.500. The Morgan fingerprint density at radius 3 is 3.20 bits per heavy atom. The molecule has 1 aliphatic heterocycles. The van der Waals surface area contributed by atoms with Crippen molar-refractivity contribution < 1.29 is 9.53 Å². The number of carbonyl (C=O) groups excluding carboxylic acids is 1. The Bertz CT molecular complexity index is 318. The van der Waals surface area contributed by atoms with Crippen LogP contribution in [0.1, 0.15) is 36.0 Å². The summed E-state index contributed by atoms with van der Waals surface area (Å²) in [5.41, 5.74) is 0.704. The van der Waals surface area contributed by atoms with Gasteiger partial charge in [0, 0.05) is 31.0 Å². The van der Waals surface area contributed by atoms with Crippen LogP contribution >= 0.6 is 0 Å². The van der Waals surface area contributed by atoms with Gasteiger partial charge >= 0.3 is 0 Å². The zero-order valence-corrected chi connectivity index (χ0v) is 8.69. The Labute approximate surface area is 89.5 Å². The second kappa shape index (κ2) is 5.03. The number of pyridine rings is 1. The highest BCUT2D eigenvalue weighted by atomic mass is 16.5. The third-order valence-corrected chi connectivity index (χ3v) is 2.70. The summed E-state index contributed by atoms with van der Waals surface area (Å²) in [5, 5.41) is 0. The van der Waals surface area contributed by atoms with Crippen LogP contribution in [0.15, 0.2) is 24.5 Å². The van der Waals surface area contributed by atoms with E-state index in [2.05, 4.69) is 4.98 Å². The average Bonchev–Trinajstić information content (AvgIpc) is 2.80. The fourth-order valence-electron chi connectivity index (χ4n) is 1.84. The number of Topliss-reactive ketones (excluding diaryl/α,β-unsaturated/α-hetero) is 1. The number of ether oxygens (including phenoxy) is 1. The first-order chi connectivity index (χ1) is 7.36. The molecular weight excluding hydrogens is 190 g/mol. The first-order valence-corrected chi connectivity index (χ1v) is 5.41. The molecule has 0 N–H and O–H groups in total. The second-order valence-electron chi connectivity index (χ2n) is 3.84. The van der Waals surface area contributed by atoms with Gasteiger partial charge in [0.25, 0.3) is 0 Å². The SMILES string of the molecule is O=C(CCC1CCCO1)c1cccnc1. The van der Waals surface area contributed by atoms with Gasteiger partial charge in [-0.1, -0.05) is 0 Å². The molecule has 0 aromatic carbocycles. The largest absolute Gasteiger partial charge is 0.378 e. The highest BCUT2D eigenvalue weighted by Crippen LogP contribution is 2.17. The van der Waals surface area contributed by atoms with Crippen molar-refractivity contribution in [1.29, 1.82) is 0 Å². The van der Waals surface area contributed by atoms with E-state index in [1.54, 1.807) is 18.5 Å². The summed E-state index contributed by atoms with van der Waals surface area (Å²) in [6, 6.07) is 3.60. The summed E-state index contributed by atoms with van der Waals surface area (Å²) in [5.74, 6) is 0.165. The molecule has 1 aliphatic rings. The number of ketones is 1. The van der Waals surface area contributed by atoms with Gasteiger partial charge in [0.05, 0.1) is 6.10 Å². The normalized spacial score (nSPS) is 20.4. The molecule has 0 bridgehead atoms. The maximum atomic E-state index is 11.7. The molecule has 80 valence electrons. The van der Waals surface area contributed by atoms with E-state index < -0.39 is 0 Å². The van der Waals surface area contributed by atoms with Crippen molar-refractivity contribution in [3.63, 3.8) is 0 Å². The third-order valence-electron chi connectivity index (χ3n) is 2.70. The van der Waals surface area contributed by atoms with Crippen LogP contribution in [0.25, 0.3) is 0 Å². The van der Waals surface area contributed by atoms with Gasteiger partial charge in [-0.25, -0.2) is 0 Å². The van der Waals surface area contributed by atoms with Gasteiger partial charge in [-0.05, 0) is 31.4 Å². The average molecular weight is 205 g/mol. The van der Waals surface area contributed by atoms with Crippen LogP contribution in [0.2, 0.25) is 0 Å². The lowest BCUT2D eigenvalue weighted by molar-refractivity contribution is 0.0859. The predicted octanol–water partition coefficient (Wildman–Crippen LogP) is 2.22. The lowest BCUT2D eigenvalue weighted by atomic mass is 10.0. The lowest BCUT2D eigenvalue weighted by Gasteiger charge is -2.07. The summed E-state index contributed by atoms with van der Waals surface area (Å²) in [6.45, 7) is 0.853. The molecule has 1 aromatic rings. The van der Waals surface area contributed by atoms with Crippen molar-refractivity contribution in [2.24, 2.45) is 0 Å². The van der Waals surface area contributed by atoms with Gasteiger partial charge in [0.15, 0.2) is 5.78 Å².